The number of amides is 1. The number of halogens is 1. The third-order valence-electron chi connectivity index (χ3n) is 6.05. The van der Waals surface area contributed by atoms with Gasteiger partial charge >= 0.3 is 5.69 Å². The van der Waals surface area contributed by atoms with Gasteiger partial charge in [0.05, 0.1) is 5.69 Å². The van der Waals surface area contributed by atoms with E-state index in [-0.39, 0.29) is 11.6 Å². The molecule has 0 unspecified atom stereocenters. The number of aryl methyl sites for hydroxylation is 2. The zero-order valence-electron chi connectivity index (χ0n) is 17.7. The summed E-state index contributed by atoms with van der Waals surface area (Å²) in [6.45, 7) is 3.49. The average Bonchev–Trinajstić information content (AvgIpc) is 3.13. The molecule has 0 radical (unpaired) electrons. The van der Waals surface area contributed by atoms with Crippen molar-refractivity contribution in [2.75, 3.05) is 13.1 Å². The molecular weight excluding hydrogens is 412 g/mol. The number of aromatic nitrogens is 3. The van der Waals surface area contributed by atoms with Crippen molar-refractivity contribution in [2.45, 2.75) is 39.0 Å². The number of hydrogen-bond acceptors (Lipinski definition) is 3. The van der Waals surface area contributed by atoms with E-state index in [4.69, 9.17) is 11.6 Å². The predicted molar refractivity (Wildman–Crippen MR) is 122 cm³/mol. The molecule has 0 aliphatic carbocycles. The second-order valence-electron chi connectivity index (χ2n) is 8.23. The summed E-state index contributed by atoms with van der Waals surface area (Å²) in [5.41, 5.74) is 2.78. The van der Waals surface area contributed by atoms with Gasteiger partial charge in [-0.1, -0.05) is 41.9 Å². The lowest BCUT2D eigenvalue weighted by atomic mass is 9.92. The average molecular weight is 439 g/mol. The third-order valence-corrected chi connectivity index (χ3v) is 6.29. The maximum absolute atomic E-state index is 12.6. The van der Waals surface area contributed by atoms with Crippen LogP contribution in [0, 0.1) is 12.8 Å². The Morgan fingerprint density at radius 2 is 1.94 bits per heavy atom. The van der Waals surface area contributed by atoms with E-state index in [1.54, 1.807) is 4.57 Å². The van der Waals surface area contributed by atoms with Gasteiger partial charge in [-0.05, 0) is 61.4 Å². The van der Waals surface area contributed by atoms with Crippen LogP contribution in [0.4, 0.5) is 0 Å². The summed E-state index contributed by atoms with van der Waals surface area (Å²) >= 11 is 6.03. The van der Waals surface area contributed by atoms with E-state index in [1.807, 2.05) is 60.4 Å². The molecule has 3 aromatic rings. The Balaban J connectivity index is 1.33. The van der Waals surface area contributed by atoms with Gasteiger partial charge in [-0.25, -0.2) is 14.5 Å². The Labute approximate surface area is 186 Å². The number of carbonyl (C=O) groups is 1. The van der Waals surface area contributed by atoms with Gasteiger partial charge in [0.1, 0.15) is 5.82 Å². The molecule has 7 heteroatoms. The van der Waals surface area contributed by atoms with Crippen molar-refractivity contribution in [2.24, 2.45) is 5.92 Å². The molecule has 1 N–H and O–H groups in total. The van der Waals surface area contributed by atoms with Gasteiger partial charge in [-0.3, -0.25) is 4.79 Å². The number of benzene rings is 2. The Morgan fingerprint density at radius 1 is 1.16 bits per heavy atom. The van der Waals surface area contributed by atoms with Crippen LogP contribution in [0.2, 0.25) is 5.02 Å². The number of likely N-dealkylation sites (tertiary alicyclic amines) is 1. The molecule has 1 aromatic heterocycles. The van der Waals surface area contributed by atoms with Gasteiger partial charge in [0.15, 0.2) is 0 Å². The molecule has 2 aromatic carbocycles. The molecule has 0 spiro atoms. The van der Waals surface area contributed by atoms with Crippen LogP contribution in [0.1, 0.15) is 36.2 Å². The fourth-order valence-corrected chi connectivity index (χ4v) is 4.49. The minimum absolute atomic E-state index is 0.190. The maximum atomic E-state index is 12.6. The monoisotopic (exact) mass is 438 g/mol. The van der Waals surface area contributed by atoms with Crippen LogP contribution in [0.5, 0.6) is 0 Å². The smallest absolute Gasteiger partial charge is 0.343 e. The molecule has 31 heavy (non-hydrogen) atoms. The highest BCUT2D eigenvalue weighted by Gasteiger charge is 2.25. The number of rotatable bonds is 6. The zero-order valence-corrected chi connectivity index (χ0v) is 18.4. The van der Waals surface area contributed by atoms with Crippen LogP contribution < -0.4 is 5.69 Å². The Hall–Kier alpha value is -2.86. The number of carbonyl (C=O) groups excluding carboxylic acids is 1. The summed E-state index contributed by atoms with van der Waals surface area (Å²) in [5.74, 6) is 1.34. The van der Waals surface area contributed by atoms with Crippen LogP contribution >= 0.6 is 11.6 Å². The molecule has 4 rings (SSSR count). The molecule has 2 heterocycles. The number of H-pyrrole nitrogens is 1. The molecule has 1 fully saturated rings. The van der Waals surface area contributed by atoms with Crippen molar-refractivity contribution >= 4 is 17.5 Å². The first-order chi connectivity index (χ1) is 15.0. The van der Waals surface area contributed by atoms with Gasteiger partial charge in [0.25, 0.3) is 0 Å². The molecule has 162 valence electrons. The lowest BCUT2D eigenvalue weighted by Crippen LogP contribution is -2.39. The maximum Gasteiger partial charge on any atom is 0.347 e. The van der Waals surface area contributed by atoms with Gasteiger partial charge < -0.3 is 4.90 Å². The Kier molecular flexibility index (Phi) is 6.56. The highest BCUT2D eigenvalue weighted by atomic mass is 35.5. The largest absolute Gasteiger partial charge is 0.347 e. The minimum Gasteiger partial charge on any atom is -0.343 e. The first kappa shape index (κ1) is 21.4. The standard InChI is InChI=1S/C24H27ClN4O2/c1-17-5-2-3-8-21(17)29-22(26-27-24(29)31)16-19-11-13-28(14-12-19)23(30)10-9-18-6-4-7-20(25)15-18/h2-8,15,19H,9-14,16H2,1H3,(H,27,31). The first-order valence-electron chi connectivity index (χ1n) is 10.8. The van der Waals surface area contributed by atoms with Gasteiger partial charge in [0.2, 0.25) is 5.91 Å². The number of hydrogen-bond donors (Lipinski definition) is 1. The fourth-order valence-electron chi connectivity index (χ4n) is 4.28. The zero-order chi connectivity index (χ0) is 21.8. The molecule has 1 saturated heterocycles. The number of nitrogens with zero attached hydrogens (tertiary/aromatic N) is 3. The summed E-state index contributed by atoms with van der Waals surface area (Å²) in [6.07, 6.45) is 3.75. The van der Waals surface area contributed by atoms with Gasteiger partial charge in [-0.2, -0.15) is 5.10 Å². The summed E-state index contributed by atoms with van der Waals surface area (Å²) in [6, 6.07) is 15.5. The molecule has 0 saturated carbocycles. The summed E-state index contributed by atoms with van der Waals surface area (Å²) in [4.78, 5) is 27.0. The molecular formula is C24H27ClN4O2. The lowest BCUT2D eigenvalue weighted by Gasteiger charge is -2.32. The number of nitrogens with one attached hydrogen (secondary N) is 1. The third kappa shape index (κ3) is 5.07. The Morgan fingerprint density at radius 3 is 2.68 bits per heavy atom. The second-order valence-corrected chi connectivity index (χ2v) is 8.66. The molecule has 1 aliphatic rings. The number of piperidine rings is 1. The van der Waals surface area contributed by atoms with Crippen molar-refractivity contribution in [3.8, 4) is 5.69 Å². The van der Waals surface area contributed by atoms with E-state index in [2.05, 4.69) is 10.2 Å². The minimum atomic E-state index is -0.210. The summed E-state index contributed by atoms with van der Waals surface area (Å²) in [5, 5.41) is 7.59. The van der Waals surface area contributed by atoms with Crippen LogP contribution in [0.15, 0.2) is 53.3 Å². The van der Waals surface area contributed by atoms with Crippen LogP contribution in [0.25, 0.3) is 5.69 Å². The van der Waals surface area contributed by atoms with Crippen molar-refractivity contribution < 1.29 is 4.79 Å². The number of aromatic amines is 1. The van der Waals surface area contributed by atoms with Crippen molar-refractivity contribution in [1.82, 2.24) is 19.7 Å². The Bertz CT molecular complexity index is 1110. The topological polar surface area (TPSA) is 71.0 Å². The number of para-hydroxylation sites is 1. The molecule has 1 aliphatic heterocycles. The molecule has 6 nitrogen and oxygen atoms in total. The van der Waals surface area contributed by atoms with Crippen molar-refractivity contribution in [1.29, 1.82) is 0 Å². The van der Waals surface area contributed by atoms with Crippen LogP contribution in [-0.4, -0.2) is 38.7 Å². The van der Waals surface area contributed by atoms with E-state index >= 15 is 0 Å². The normalized spacial score (nSPS) is 14.7. The first-order valence-corrected chi connectivity index (χ1v) is 11.1. The van der Waals surface area contributed by atoms with E-state index in [1.165, 1.54) is 0 Å². The molecule has 0 bridgehead atoms. The molecule has 1 amide bonds. The quantitative estimate of drug-likeness (QED) is 0.633. The van der Waals surface area contributed by atoms with E-state index in [0.717, 1.165) is 55.0 Å². The highest BCUT2D eigenvalue weighted by Crippen LogP contribution is 2.23. The predicted octanol–water partition coefficient (Wildman–Crippen LogP) is 3.94. The summed E-state index contributed by atoms with van der Waals surface area (Å²) < 4.78 is 1.68. The van der Waals surface area contributed by atoms with Crippen LogP contribution in [-0.2, 0) is 17.6 Å². The van der Waals surface area contributed by atoms with E-state index in [9.17, 15) is 9.59 Å². The molecule has 0 atom stereocenters. The van der Waals surface area contributed by atoms with Gasteiger partial charge in [0, 0.05) is 31.0 Å². The van der Waals surface area contributed by atoms with Crippen LogP contribution in [0.3, 0.4) is 0 Å². The van der Waals surface area contributed by atoms with Gasteiger partial charge in [-0.15, -0.1) is 0 Å². The second kappa shape index (κ2) is 9.52. The fraction of sp³-hybridized carbons (Fsp3) is 0.375. The van der Waals surface area contributed by atoms with Crippen molar-refractivity contribution in [3.63, 3.8) is 0 Å². The lowest BCUT2D eigenvalue weighted by molar-refractivity contribution is -0.132. The summed E-state index contributed by atoms with van der Waals surface area (Å²) in [7, 11) is 0. The van der Waals surface area contributed by atoms with E-state index in [0.29, 0.717) is 23.8 Å². The van der Waals surface area contributed by atoms with E-state index < -0.39 is 0 Å². The van der Waals surface area contributed by atoms with Crippen molar-refractivity contribution in [3.05, 3.63) is 81.0 Å². The SMILES string of the molecule is Cc1ccccc1-n1c(CC2CCN(C(=O)CCc3cccc(Cl)c3)CC2)n[nH]c1=O. The highest BCUT2D eigenvalue weighted by molar-refractivity contribution is 6.30.